The number of H-pyrrole nitrogens is 1. The number of hydrogen-bond donors (Lipinski definition) is 4. The molecule has 0 fully saturated rings. The largest absolute Gasteiger partial charge is 0.478 e. The first-order valence-electron chi connectivity index (χ1n) is 12.8. The molecule has 0 spiro atoms. The SMILES string of the molecule is COC[C@@]1(CCC(C)=C(C)C)Nc2ccc(C(=O)O)cc2CC1Sc1ncc(CC(C(=O)O)[N+](C)(C)C)[nH]1. The molecule has 4 N–H and O–H groups in total. The van der Waals surface area contributed by atoms with Gasteiger partial charge in [-0.25, -0.2) is 14.6 Å². The quantitative estimate of drug-likeness (QED) is 0.228. The van der Waals surface area contributed by atoms with E-state index in [0.29, 0.717) is 29.1 Å². The van der Waals surface area contributed by atoms with Crippen molar-refractivity contribution >= 4 is 29.4 Å². The lowest BCUT2D eigenvalue weighted by molar-refractivity contribution is -0.887. The number of aromatic carboxylic acids is 1. The highest BCUT2D eigenvalue weighted by Crippen LogP contribution is 2.43. The Bertz CT molecular complexity index is 1200. The number of allylic oxidation sites excluding steroid dienone is 2. The number of quaternary nitrogens is 1. The zero-order valence-electron chi connectivity index (χ0n) is 23.4. The van der Waals surface area contributed by atoms with Gasteiger partial charge < -0.3 is 29.7 Å². The van der Waals surface area contributed by atoms with Crippen LogP contribution in [0.1, 0.15) is 55.2 Å². The number of nitrogens with one attached hydrogen (secondary N) is 2. The zero-order valence-corrected chi connectivity index (χ0v) is 24.2. The van der Waals surface area contributed by atoms with Crippen molar-refractivity contribution in [3.63, 3.8) is 0 Å². The number of nitrogens with zero attached hydrogens (tertiary/aromatic N) is 2. The van der Waals surface area contributed by atoms with Crippen LogP contribution in [-0.2, 0) is 22.4 Å². The predicted octanol–water partition coefficient (Wildman–Crippen LogP) is 4.46. The Morgan fingerprint density at radius 2 is 1.95 bits per heavy atom. The van der Waals surface area contributed by atoms with Crippen LogP contribution < -0.4 is 5.32 Å². The summed E-state index contributed by atoms with van der Waals surface area (Å²) in [5, 5.41) is 23.7. The summed E-state index contributed by atoms with van der Waals surface area (Å²) in [6.07, 6.45) is 4.41. The molecule has 9 nitrogen and oxygen atoms in total. The maximum Gasteiger partial charge on any atom is 0.362 e. The number of benzene rings is 1. The monoisotopic (exact) mass is 545 g/mol. The molecule has 0 saturated carbocycles. The summed E-state index contributed by atoms with van der Waals surface area (Å²) < 4.78 is 6.06. The standard InChI is InChI=1S/C28H40N4O5S/c1-17(2)18(3)10-11-28(16-37-7)24(13-20-12-19(25(33)34)8-9-22(20)31-28)38-27-29-15-21(30-27)14-23(26(35)36)32(4,5)6/h8-9,12,15,23-24,31H,10-11,13-14,16H2,1-7H3,(H2-,29,30,33,34,35,36)/p+1/t23?,24?,28-/m1/s1. The van der Waals surface area contributed by atoms with Crippen LogP contribution in [0.25, 0.3) is 0 Å². The molecule has 0 aliphatic carbocycles. The molecule has 2 aromatic rings. The van der Waals surface area contributed by atoms with Crippen molar-refractivity contribution in [3.8, 4) is 0 Å². The van der Waals surface area contributed by atoms with Crippen LogP contribution in [0.2, 0.25) is 0 Å². The van der Waals surface area contributed by atoms with Gasteiger partial charge in [0, 0.05) is 29.9 Å². The number of ether oxygens (including phenoxy) is 1. The van der Waals surface area contributed by atoms with Crippen molar-refractivity contribution in [1.29, 1.82) is 0 Å². The first-order chi connectivity index (χ1) is 17.8. The predicted molar refractivity (Wildman–Crippen MR) is 150 cm³/mol. The van der Waals surface area contributed by atoms with E-state index < -0.39 is 23.5 Å². The maximum absolute atomic E-state index is 11.9. The second kappa shape index (κ2) is 11.9. The Morgan fingerprint density at radius 3 is 2.53 bits per heavy atom. The average molecular weight is 546 g/mol. The van der Waals surface area contributed by atoms with Crippen molar-refractivity contribution in [2.45, 2.75) is 68.4 Å². The van der Waals surface area contributed by atoms with E-state index in [1.54, 1.807) is 37.2 Å². The molecule has 208 valence electrons. The lowest BCUT2D eigenvalue weighted by Crippen LogP contribution is -2.55. The third-order valence-corrected chi connectivity index (χ3v) is 8.78. The minimum Gasteiger partial charge on any atom is -0.478 e. The number of anilines is 1. The number of fused-ring (bicyclic) bond motifs is 1. The molecule has 0 radical (unpaired) electrons. The smallest absolute Gasteiger partial charge is 0.362 e. The molecule has 1 aliphatic heterocycles. The molecule has 3 atom stereocenters. The van der Waals surface area contributed by atoms with Gasteiger partial charge in [0.1, 0.15) is 0 Å². The Hall–Kier alpha value is -2.82. The lowest BCUT2D eigenvalue weighted by atomic mass is 9.81. The van der Waals surface area contributed by atoms with E-state index in [9.17, 15) is 19.8 Å². The molecule has 2 unspecified atom stereocenters. The topological polar surface area (TPSA) is 125 Å². The molecule has 0 bridgehead atoms. The van der Waals surface area contributed by atoms with Crippen molar-refractivity contribution in [3.05, 3.63) is 52.4 Å². The number of thioether (sulfide) groups is 1. The van der Waals surface area contributed by atoms with Gasteiger partial charge in [-0.3, -0.25) is 0 Å². The first kappa shape index (κ1) is 29.7. The Kier molecular flexibility index (Phi) is 9.33. The second-order valence-corrected chi connectivity index (χ2v) is 12.6. The highest BCUT2D eigenvalue weighted by Gasteiger charge is 2.44. The highest BCUT2D eigenvalue weighted by atomic mass is 32.2. The van der Waals surface area contributed by atoms with Gasteiger partial charge in [0.15, 0.2) is 11.2 Å². The summed E-state index contributed by atoms with van der Waals surface area (Å²) in [6, 6.07) is 4.61. The molecule has 2 heterocycles. The molecule has 3 rings (SSSR count). The van der Waals surface area contributed by atoms with Crippen LogP contribution in [0.3, 0.4) is 0 Å². The van der Waals surface area contributed by atoms with Gasteiger partial charge in [0.25, 0.3) is 0 Å². The van der Waals surface area contributed by atoms with Gasteiger partial charge in [-0.05, 0) is 63.8 Å². The summed E-state index contributed by atoms with van der Waals surface area (Å²) in [6.45, 7) is 6.86. The number of carboxylic acid groups (broad SMARTS) is 2. The number of aromatic amines is 1. The number of hydrogen-bond acceptors (Lipinski definition) is 6. The maximum atomic E-state index is 11.9. The summed E-state index contributed by atoms with van der Waals surface area (Å²) in [4.78, 5) is 31.4. The molecule has 0 amide bonds. The number of aromatic nitrogens is 2. The molecule has 1 aliphatic rings. The van der Waals surface area contributed by atoms with Crippen molar-refractivity contribution in [2.24, 2.45) is 0 Å². The zero-order chi connectivity index (χ0) is 28.3. The summed E-state index contributed by atoms with van der Waals surface area (Å²) in [7, 11) is 7.31. The Labute approximate surface area is 229 Å². The summed E-state index contributed by atoms with van der Waals surface area (Å²) in [5.41, 5.74) is 5.09. The fraction of sp³-hybridized carbons (Fsp3) is 0.536. The van der Waals surface area contributed by atoms with Gasteiger partial charge >= 0.3 is 11.9 Å². The van der Waals surface area contributed by atoms with Crippen LogP contribution in [0.4, 0.5) is 5.69 Å². The first-order valence-corrected chi connectivity index (χ1v) is 13.6. The second-order valence-electron chi connectivity index (χ2n) is 11.4. The lowest BCUT2D eigenvalue weighted by Gasteiger charge is -2.45. The molecule has 1 aromatic heterocycles. The number of carbonyl (C=O) groups is 2. The van der Waals surface area contributed by atoms with Crippen molar-refractivity contribution < 1.29 is 29.0 Å². The minimum atomic E-state index is -0.953. The van der Waals surface area contributed by atoms with Crippen LogP contribution in [0.5, 0.6) is 0 Å². The van der Waals surface area contributed by atoms with Gasteiger partial charge in [-0.15, -0.1) is 0 Å². The van der Waals surface area contributed by atoms with Crippen LogP contribution in [-0.4, -0.2) is 88.3 Å². The van der Waals surface area contributed by atoms with E-state index in [1.165, 1.54) is 11.1 Å². The number of rotatable bonds is 12. The minimum absolute atomic E-state index is 0.0170. The summed E-state index contributed by atoms with van der Waals surface area (Å²) in [5.74, 6) is -1.80. The van der Waals surface area contributed by atoms with Crippen LogP contribution in [0.15, 0.2) is 40.7 Å². The number of aliphatic carboxylic acids is 1. The third-order valence-electron chi connectivity index (χ3n) is 7.45. The Balaban J connectivity index is 1.95. The van der Waals surface area contributed by atoms with Gasteiger partial charge in [0.2, 0.25) is 0 Å². The van der Waals surface area contributed by atoms with Crippen LogP contribution in [0, 0.1) is 0 Å². The van der Waals surface area contributed by atoms with Crippen LogP contribution >= 0.6 is 11.8 Å². The Morgan fingerprint density at radius 1 is 1.24 bits per heavy atom. The fourth-order valence-corrected chi connectivity index (χ4v) is 6.10. The molecule has 1 aromatic carbocycles. The van der Waals surface area contributed by atoms with Gasteiger partial charge in [-0.2, -0.15) is 0 Å². The molecule has 10 heteroatoms. The fourth-order valence-electron chi connectivity index (χ4n) is 4.80. The van der Waals surface area contributed by atoms with Crippen molar-refractivity contribution in [2.75, 3.05) is 40.2 Å². The van der Waals surface area contributed by atoms with Gasteiger partial charge in [-0.1, -0.05) is 22.9 Å². The molecule has 0 saturated heterocycles. The normalized spacial score (nSPS) is 19.8. The average Bonchev–Trinajstić information content (AvgIpc) is 3.27. The van der Waals surface area contributed by atoms with E-state index in [-0.39, 0.29) is 10.8 Å². The van der Waals surface area contributed by atoms with E-state index >= 15 is 0 Å². The van der Waals surface area contributed by atoms with E-state index in [2.05, 4.69) is 36.1 Å². The molecular weight excluding hydrogens is 504 g/mol. The number of imidazole rings is 1. The highest BCUT2D eigenvalue weighted by molar-refractivity contribution is 7.99. The third kappa shape index (κ3) is 6.98. The number of methoxy groups -OCH3 is 1. The molecule has 38 heavy (non-hydrogen) atoms. The number of likely N-dealkylation sites (N-methyl/N-ethyl adjacent to an activating group) is 1. The van der Waals surface area contributed by atoms with Gasteiger partial charge in [0.05, 0.1) is 45.3 Å². The van der Waals surface area contributed by atoms with E-state index in [4.69, 9.17) is 4.74 Å². The van der Waals surface area contributed by atoms with E-state index in [0.717, 1.165) is 29.8 Å². The summed E-state index contributed by atoms with van der Waals surface area (Å²) >= 11 is 1.59. The number of carboxylic acids is 2. The van der Waals surface area contributed by atoms with Crippen molar-refractivity contribution in [1.82, 2.24) is 9.97 Å². The van der Waals surface area contributed by atoms with E-state index in [1.807, 2.05) is 27.2 Å². The molecular formula is C28H41N4O5S+.